The van der Waals surface area contributed by atoms with Crippen LogP contribution in [0.3, 0.4) is 0 Å². The highest BCUT2D eigenvalue weighted by molar-refractivity contribution is 5.86. The Morgan fingerprint density at radius 1 is 1.06 bits per heavy atom. The molecule has 0 aliphatic carbocycles. The molecular weight excluding hydrogens is 236 g/mol. The first-order valence-corrected chi connectivity index (χ1v) is 6.21. The summed E-state index contributed by atoms with van der Waals surface area (Å²) in [6.07, 6.45) is 2.85. The third kappa shape index (κ3) is 7.21. The van der Waals surface area contributed by atoms with E-state index in [2.05, 4.69) is 5.32 Å². The van der Waals surface area contributed by atoms with Gasteiger partial charge in [-0.3, -0.25) is 4.79 Å². The van der Waals surface area contributed by atoms with Gasteiger partial charge in [0.15, 0.2) is 0 Å². The fourth-order valence-electron chi connectivity index (χ4n) is 1.50. The zero-order valence-electron chi connectivity index (χ0n) is 10.6. The Bertz CT molecular complexity index is 261. The molecule has 0 fully saturated rings. The SMILES string of the molecule is NCCCC[C@H](NC(=O)[C@@H](N)CCCN)C(=O)O. The van der Waals surface area contributed by atoms with Gasteiger partial charge in [-0.1, -0.05) is 0 Å². The van der Waals surface area contributed by atoms with Crippen LogP contribution in [0.2, 0.25) is 0 Å². The number of amides is 1. The van der Waals surface area contributed by atoms with Gasteiger partial charge in [-0.05, 0) is 45.2 Å². The smallest absolute Gasteiger partial charge is 0.326 e. The highest BCUT2D eigenvalue weighted by Gasteiger charge is 2.22. The minimum atomic E-state index is -1.05. The van der Waals surface area contributed by atoms with Gasteiger partial charge in [-0.25, -0.2) is 4.79 Å². The molecule has 106 valence electrons. The van der Waals surface area contributed by atoms with Gasteiger partial charge in [0, 0.05) is 0 Å². The van der Waals surface area contributed by atoms with Crippen molar-refractivity contribution in [3.05, 3.63) is 0 Å². The molecule has 0 radical (unpaired) electrons. The number of carboxylic acids is 1. The summed E-state index contributed by atoms with van der Waals surface area (Å²) in [4.78, 5) is 22.6. The maximum atomic E-state index is 11.6. The molecule has 0 aromatic rings. The van der Waals surface area contributed by atoms with E-state index in [1.807, 2.05) is 0 Å². The average molecular weight is 260 g/mol. The van der Waals surface area contributed by atoms with E-state index in [0.717, 1.165) is 6.42 Å². The maximum Gasteiger partial charge on any atom is 0.326 e. The fraction of sp³-hybridized carbons (Fsp3) is 0.818. The Labute approximate surface area is 107 Å². The molecule has 0 rings (SSSR count). The van der Waals surface area contributed by atoms with E-state index in [-0.39, 0.29) is 0 Å². The van der Waals surface area contributed by atoms with E-state index in [4.69, 9.17) is 22.3 Å². The molecule has 0 unspecified atom stereocenters. The topological polar surface area (TPSA) is 144 Å². The number of hydrogen-bond donors (Lipinski definition) is 5. The molecule has 0 aliphatic rings. The number of carbonyl (C=O) groups is 2. The predicted octanol–water partition coefficient (Wildman–Crippen LogP) is -1.25. The van der Waals surface area contributed by atoms with Crippen molar-refractivity contribution >= 4 is 11.9 Å². The average Bonchev–Trinajstić information content (AvgIpc) is 2.34. The Morgan fingerprint density at radius 3 is 2.17 bits per heavy atom. The number of nitrogens with one attached hydrogen (secondary N) is 1. The molecule has 0 saturated heterocycles. The third-order valence-electron chi connectivity index (χ3n) is 2.62. The van der Waals surface area contributed by atoms with Crippen LogP contribution in [0.5, 0.6) is 0 Å². The van der Waals surface area contributed by atoms with Crippen LogP contribution in [0.1, 0.15) is 32.1 Å². The van der Waals surface area contributed by atoms with Crippen molar-refractivity contribution in [1.29, 1.82) is 0 Å². The number of rotatable bonds is 10. The number of aliphatic carboxylic acids is 1. The van der Waals surface area contributed by atoms with Crippen LogP contribution in [0, 0.1) is 0 Å². The maximum absolute atomic E-state index is 11.6. The number of unbranched alkanes of at least 4 members (excludes halogenated alkanes) is 1. The molecule has 0 spiro atoms. The second-order valence-corrected chi connectivity index (χ2v) is 4.22. The van der Waals surface area contributed by atoms with Gasteiger partial charge in [0.25, 0.3) is 0 Å². The van der Waals surface area contributed by atoms with Crippen molar-refractivity contribution in [3.8, 4) is 0 Å². The monoisotopic (exact) mass is 260 g/mol. The Morgan fingerprint density at radius 2 is 1.67 bits per heavy atom. The van der Waals surface area contributed by atoms with E-state index in [1.54, 1.807) is 0 Å². The minimum Gasteiger partial charge on any atom is -0.480 e. The Hall–Kier alpha value is -1.18. The molecule has 2 atom stereocenters. The molecular formula is C11H24N4O3. The van der Waals surface area contributed by atoms with Crippen LogP contribution in [-0.2, 0) is 9.59 Å². The van der Waals surface area contributed by atoms with E-state index in [9.17, 15) is 9.59 Å². The first kappa shape index (κ1) is 16.8. The van der Waals surface area contributed by atoms with E-state index in [0.29, 0.717) is 38.8 Å². The normalized spacial score (nSPS) is 13.9. The van der Waals surface area contributed by atoms with Crippen LogP contribution in [-0.4, -0.2) is 42.2 Å². The van der Waals surface area contributed by atoms with E-state index >= 15 is 0 Å². The van der Waals surface area contributed by atoms with Crippen molar-refractivity contribution in [1.82, 2.24) is 5.32 Å². The summed E-state index contributed by atoms with van der Waals surface area (Å²) < 4.78 is 0. The first-order valence-electron chi connectivity index (χ1n) is 6.21. The van der Waals surface area contributed by atoms with Crippen LogP contribution in [0.25, 0.3) is 0 Å². The van der Waals surface area contributed by atoms with Crippen molar-refractivity contribution < 1.29 is 14.7 Å². The number of carbonyl (C=O) groups excluding carboxylic acids is 1. The molecule has 0 heterocycles. The molecule has 8 N–H and O–H groups in total. The zero-order valence-corrected chi connectivity index (χ0v) is 10.6. The van der Waals surface area contributed by atoms with Gasteiger partial charge in [0.05, 0.1) is 6.04 Å². The summed E-state index contributed by atoms with van der Waals surface area (Å²) in [5, 5.41) is 11.4. The number of nitrogens with two attached hydrogens (primary N) is 3. The lowest BCUT2D eigenvalue weighted by Gasteiger charge is -2.17. The second-order valence-electron chi connectivity index (χ2n) is 4.22. The van der Waals surface area contributed by atoms with E-state index < -0.39 is 24.0 Å². The van der Waals surface area contributed by atoms with Crippen LogP contribution in [0.15, 0.2) is 0 Å². The van der Waals surface area contributed by atoms with Crippen molar-refractivity contribution in [2.24, 2.45) is 17.2 Å². The van der Waals surface area contributed by atoms with Gasteiger partial charge in [0.1, 0.15) is 6.04 Å². The molecule has 0 aromatic heterocycles. The summed E-state index contributed by atoms with van der Waals surface area (Å²) in [5.41, 5.74) is 16.3. The lowest BCUT2D eigenvalue weighted by Crippen LogP contribution is -2.48. The fourth-order valence-corrected chi connectivity index (χ4v) is 1.50. The van der Waals surface area contributed by atoms with E-state index in [1.165, 1.54) is 0 Å². The molecule has 18 heavy (non-hydrogen) atoms. The van der Waals surface area contributed by atoms with Crippen LogP contribution < -0.4 is 22.5 Å². The molecule has 0 aliphatic heterocycles. The quantitative estimate of drug-likeness (QED) is 0.310. The number of carboxylic acid groups (broad SMARTS) is 1. The minimum absolute atomic E-state index is 0.363. The van der Waals surface area contributed by atoms with Gasteiger partial charge in [0.2, 0.25) is 5.91 Å². The molecule has 0 aromatic carbocycles. The lowest BCUT2D eigenvalue weighted by molar-refractivity contribution is -0.142. The summed E-state index contributed by atoms with van der Waals surface area (Å²) in [6, 6.07) is -1.60. The van der Waals surface area contributed by atoms with Crippen LogP contribution >= 0.6 is 0 Å². The molecule has 0 saturated carbocycles. The number of hydrogen-bond acceptors (Lipinski definition) is 5. The summed E-state index contributed by atoms with van der Waals surface area (Å²) in [7, 11) is 0. The largest absolute Gasteiger partial charge is 0.480 e. The third-order valence-corrected chi connectivity index (χ3v) is 2.62. The highest BCUT2D eigenvalue weighted by Crippen LogP contribution is 2.02. The highest BCUT2D eigenvalue weighted by atomic mass is 16.4. The molecule has 1 amide bonds. The lowest BCUT2D eigenvalue weighted by atomic mass is 10.1. The van der Waals surface area contributed by atoms with Gasteiger partial charge < -0.3 is 27.6 Å². The van der Waals surface area contributed by atoms with Crippen molar-refractivity contribution in [3.63, 3.8) is 0 Å². The van der Waals surface area contributed by atoms with Gasteiger partial charge >= 0.3 is 5.97 Å². The Balaban J connectivity index is 4.14. The predicted molar refractivity (Wildman–Crippen MR) is 68.7 cm³/mol. The molecule has 7 nitrogen and oxygen atoms in total. The summed E-state index contributed by atoms with van der Waals surface area (Å²) in [5.74, 6) is -1.49. The van der Waals surface area contributed by atoms with Crippen molar-refractivity contribution in [2.45, 2.75) is 44.2 Å². The van der Waals surface area contributed by atoms with Crippen LogP contribution in [0.4, 0.5) is 0 Å². The Kier molecular flexibility index (Phi) is 9.17. The summed E-state index contributed by atoms with van der Waals surface area (Å²) in [6.45, 7) is 0.968. The first-order chi connectivity index (χ1) is 8.52. The second kappa shape index (κ2) is 9.81. The molecule has 0 bridgehead atoms. The van der Waals surface area contributed by atoms with Gasteiger partial charge in [-0.2, -0.15) is 0 Å². The van der Waals surface area contributed by atoms with Gasteiger partial charge in [-0.15, -0.1) is 0 Å². The van der Waals surface area contributed by atoms with Crippen molar-refractivity contribution in [2.75, 3.05) is 13.1 Å². The zero-order chi connectivity index (χ0) is 14.0. The standard InChI is InChI=1S/C11H24N4O3/c12-6-2-1-5-9(11(17)18)15-10(16)8(14)4-3-7-13/h8-9H,1-7,12-14H2,(H,15,16)(H,17,18)/t8-,9-/m0/s1. The summed E-state index contributed by atoms with van der Waals surface area (Å²) >= 11 is 0. The molecule has 7 heteroatoms.